The Morgan fingerprint density at radius 3 is 2.43 bits per heavy atom. The number of carbonyl (C=O) groups excluding carboxylic acids is 1. The maximum absolute atomic E-state index is 12.2. The van der Waals surface area contributed by atoms with Crippen molar-refractivity contribution in [1.29, 1.82) is 0 Å². The van der Waals surface area contributed by atoms with Crippen molar-refractivity contribution in [2.24, 2.45) is 0 Å². The fourth-order valence-electron chi connectivity index (χ4n) is 2.38. The van der Waals surface area contributed by atoms with Gasteiger partial charge in [-0.1, -0.05) is 18.2 Å². The molecule has 0 spiro atoms. The average molecular weight is 311 g/mol. The van der Waals surface area contributed by atoms with E-state index in [1.54, 1.807) is 37.4 Å². The van der Waals surface area contributed by atoms with Gasteiger partial charge in [-0.3, -0.25) is 9.69 Å². The lowest BCUT2D eigenvalue weighted by atomic mass is 10.1. The van der Waals surface area contributed by atoms with Crippen molar-refractivity contribution in [1.82, 2.24) is 14.9 Å². The number of hydrogen-bond acceptors (Lipinski definition) is 4. The molecule has 2 rings (SSSR count). The van der Waals surface area contributed by atoms with Crippen molar-refractivity contribution in [3.8, 4) is 0 Å². The molecule has 7 heteroatoms. The van der Waals surface area contributed by atoms with Crippen LogP contribution in [0.4, 0.5) is 0 Å². The van der Waals surface area contributed by atoms with Crippen LogP contribution in [0.3, 0.4) is 0 Å². The molecule has 1 amide bonds. The predicted molar refractivity (Wildman–Crippen MR) is 80.3 cm³/mol. The molecule has 2 N–H and O–H groups in total. The number of nitrogens with zero attached hydrogens (tertiary/aromatic N) is 1. The van der Waals surface area contributed by atoms with E-state index in [9.17, 15) is 13.2 Å². The standard InChI is InChI=1S/C14H21N3O3S/c1-15-14(18)11-17-9-7-12(8-10-17)16-21(19,20)13-5-3-2-4-6-13/h2-6,12,16H,7-11H2,1H3,(H,15,18). The summed E-state index contributed by atoms with van der Waals surface area (Å²) < 4.78 is 27.2. The Bertz CT molecular complexity index is 566. The average Bonchev–Trinajstić information content (AvgIpc) is 2.50. The number of likely N-dealkylation sites (N-methyl/N-ethyl adjacent to an activating group) is 1. The molecule has 0 atom stereocenters. The van der Waals surface area contributed by atoms with E-state index >= 15 is 0 Å². The normalized spacial score (nSPS) is 17.6. The van der Waals surface area contributed by atoms with Gasteiger partial charge in [0.25, 0.3) is 0 Å². The third kappa shape index (κ3) is 4.52. The second-order valence-corrected chi connectivity index (χ2v) is 6.87. The molecule has 0 radical (unpaired) electrons. The summed E-state index contributed by atoms with van der Waals surface area (Å²) in [6.45, 7) is 1.81. The molecule has 0 bridgehead atoms. The summed E-state index contributed by atoms with van der Waals surface area (Å²) >= 11 is 0. The first-order valence-corrected chi connectivity index (χ1v) is 8.50. The lowest BCUT2D eigenvalue weighted by Gasteiger charge is -2.31. The van der Waals surface area contributed by atoms with Crippen molar-refractivity contribution in [2.75, 3.05) is 26.7 Å². The quantitative estimate of drug-likeness (QED) is 0.813. The van der Waals surface area contributed by atoms with Gasteiger partial charge in [-0.05, 0) is 25.0 Å². The van der Waals surface area contributed by atoms with Gasteiger partial charge < -0.3 is 5.32 Å². The van der Waals surface area contributed by atoms with E-state index in [4.69, 9.17) is 0 Å². The van der Waals surface area contributed by atoms with Crippen LogP contribution in [-0.4, -0.2) is 51.9 Å². The molecular weight excluding hydrogens is 290 g/mol. The zero-order chi connectivity index (χ0) is 15.3. The Kier molecular flexibility index (Phi) is 5.33. The zero-order valence-corrected chi connectivity index (χ0v) is 12.9. The Morgan fingerprint density at radius 2 is 1.86 bits per heavy atom. The van der Waals surface area contributed by atoms with Crippen molar-refractivity contribution in [2.45, 2.75) is 23.8 Å². The van der Waals surface area contributed by atoms with E-state index in [2.05, 4.69) is 10.0 Å². The molecule has 1 aromatic carbocycles. The minimum atomic E-state index is -3.45. The Labute approximate surface area is 125 Å². The molecule has 21 heavy (non-hydrogen) atoms. The molecule has 0 aliphatic carbocycles. The van der Waals surface area contributed by atoms with Crippen LogP contribution in [0.2, 0.25) is 0 Å². The Morgan fingerprint density at radius 1 is 1.24 bits per heavy atom. The number of benzene rings is 1. The van der Waals surface area contributed by atoms with Gasteiger partial charge in [0.15, 0.2) is 0 Å². The monoisotopic (exact) mass is 311 g/mol. The van der Waals surface area contributed by atoms with Crippen LogP contribution in [0.1, 0.15) is 12.8 Å². The van der Waals surface area contributed by atoms with Crippen LogP contribution in [-0.2, 0) is 14.8 Å². The zero-order valence-electron chi connectivity index (χ0n) is 12.1. The summed E-state index contributed by atoms with van der Waals surface area (Å²) in [5, 5.41) is 2.59. The summed E-state index contributed by atoms with van der Waals surface area (Å²) in [6, 6.07) is 8.31. The van der Waals surface area contributed by atoms with Gasteiger partial charge in [0.2, 0.25) is 15.9 Å². The molecule has 1 fully saturated rings. The Hall–Kier alpha value is -1.44. The van der Waals surface area contributed by atoms with Crippen LogP contribution in [0.15, 0.2) is 35.2 Å². The molecule has 1 aliphatic heterocycles. The fraction of sp³-hybridized carbons (Fsp3) is 0.500. The number of piperidine rings is 1. The van der Waals surface area contributed by atoms with Gasteiger partial charge in [-0.2, -0.15) is 0 Å². The highest BCUT2D eigenvalue weighted by atomic mass is 32.2. The Balaban J connectivity index is 1.88. The third-order valence-electron chi connectivity index (χ3n) is 3.61. The highest BCUT2D eigenvalue weighted by Crippen LogP contribution is 2.14. The van der Waals surface area contributed by atoms with Crippen LogP contribution in [0.5, 0.6) is 0 Å². The van der Waals surface area contributed by atoms with Crippen LogP contribution < -0.4 is 10.0 Å². The van der Waals surface area contributed by atoms with Crippen LogP contribution >= 0.6 is 0 Å². The van der Waals surface area contributed by atoms with Crippen molar-refractivity contribution in [3.05, 3.63) is 30.3 Å². The summed E-state index contributed by atoms with van der Waals surface area (Å²) in [7, 11) is -1.84. The van der Waals surface area contributed by atoms with E-state index in [1.807, 2.05) is 4.90 Å². The number of nitrogens with one attached hydrogen (secondary N) is 2. The third-order valence-corrected chi connectivity index (χ3v) is 5.15. The molecule has 6 nitrogen and oxygen atoms in total. The minimum Gasteiger partial charge on any atom is -0.358 e. The van der Waals surface area contributed by atoms with E-state index < -0.39 is 10.0 Å². The highest BCUT2D eigenvalue weighted by Gasteiger charge is 2.25. The fourth-order valence-corrected chi connectivity index (χ4v) is 3.70. The summed E-state index contributed by atoms with van der Waals surface area (Å²) in [5.74, 6) is -0.0154. The van der Waals surface area contributed by atoms with Crippen LogP contribution in [0, 0.1) is 0 Å². The molecule has 0 unspecified atom stereocenters. The van der Waals surface area contributed by atoms with Crippen molar-refractivity contribution >= 4 is 15.9 Å². The van der Waals surface area contributed by atoms with E-state index in [1.165, 1.54) is 0 Å². The molecule has 1 saturated heterocycles. The van der Waals surface area contributed by atoms with E-state index in [0.29, 0.717) is 19.4 Å². The lowest BCUT2D eigenvalue weighted by Crippen LogP contribution is -2.47. The molecule has 1 aromatic rings. The summed E-state index contributed by atoms with van der Waals surface area (Å²) in [5.41, 5.74) is 0. The van der Waals surface area contributed by atoms with Crippen LogP contribution in [0.25, 0.3) is 0 Å². The smallest absolute Gasteiger partial charge is 0.240 e. The summed E-state index contributed by atoms with van der Waals surface area (Å²) in [6.07, 6.45) is 1.42. The first kappa shape index (κ1) is 15.9. The van der Waals surface area contributed by atoms with Crippen molar-refractivity contribution < 1.29 is 13.2 Å². The molecule has 116 valence electrons. The molecule has 0 saturated carbocycles. The predicted octanol–water partition coefficient (Wildman–Crippen LogP) is 0.175. The first-order chi connectivity index (χ1) is 10.0. The minimum absolute atomic E-state index is 0.0154. The largest absolute Gasteiger partial charge is 0.358 e. The second kappa shape index (κ2) is 7.02. The van der Waals surface area contributed by atoms with Gasteiger partial charge in [0, 0.05) is 26.2 Å². The highest BCUT2D eigenvalue weighted by molar-refractivity contribution is 7.89. The summed E-state index contributed by atoms with van der Waals surface area (Å²) in [4.78, 5) is 13.6. The molecule has 1 heterocycles. The maximum atomic E-state index is 12.2. The van der Waals surface area contributed by atoms with Gasteiger partial charge in [-0.25, -0.2) is 13.1 Å². The first-order valence-electron chi connectivity index (χ1n) is 7.01. The van der Waals surface area contributed by atoms with Gasteiger partial charge >= 0.3 is 0 Å². The SMILES string of the molecule is CNC(=O)CN1CCC(NS(=O)(=O)c2ccccc2)CC1. The van der Waals surface area contributed by atoms with Crippen molar-refractivity contribution in [3.63, 3.8) is 0 Å². The number of likely N-dealkylation sites (tertiary alicyclic amines) is 1. The molecule has 1 aliphatic rings. The number of amides is 1. The maximum Gasteiger partial charge on any atom is 0.240 e. The number of hydrogen-bond donors (Lipinski definition) is 2. The number of sulfonamides is 1. The topological polar surface area (TPSA) is 78.5 Å². The molecule has 0 aromatic heterocycles. The number of carbonyl (C=O) groups is 1. The van der Waals surface area contributed by atoms with Gasteiger partial charge in [0.1, 0.15) is 0 Å². The van der Waals surface area contributed by atoms with Gasteiger partial charge in [0.05, 0.1) is 11.4 Å². The lowest BCUT2D eigenvalue weighted by molar-refractivity contribution is -0.122. The molecular formula is C14H21N3O3S. The van der Waals surface area contributed by atoms with E-state index in [-0.39, 0.29) is 16.8 Å². The second-order valence-electron chi connectivity index (χ2n) is 5.16. The number of rotatable bonds is 5. The van der Waals surface area contributed by atoms with E-state index in [0.717, 1.165) is 13.1 Å². The van der Waals surface area contributed by atoms with Gasteiger partial charge in [-0.15, -0.1) is 0 Å².